The summed E-state index contributed by atoms with van der Waals surface area (Å²) in [6, 6.07) is -0.538. The van der Waals surface area contributed by atoms with E-state index in [1.54, 1.807) is 0 Å². The second kappa shape index (κ2) is 71.1. The fraction of sp³-hybridized carbons (Fsp3) is 0.947. The van der Waals surface area contributed by atoms with Crippen LogP contribution < -0.4 is 5.32 Å². The molecular weight excluding hydrogens is 995 g/mol. The minimum atomic E-state index is -0.661. The Morgan fingerprint density at radius 3 is 0.877 bits per heavy atom. The highest BCUT2D eigenvalue weighted by atomic mass is 16.5. The summed E-state index contributed by atoms with van der Waals surface area (Å²) in [5.41, 5.74) is 0. The van der Waals surface area contributed by atoms with Crippen LogP contribution in [-0.2, 0) is 14.3 Å². The van der Waals surface area contributed by atoms with Gasteiger partial charge >= 0.3 is 5.97 Å². The molecule has 0 aromatic carbocycles. The molecule has 0 fully saturated rings. The van der Waals surface area contributed by atoms with Gasteiger partial charge in [0.15, 0.2) is 0 Å². The van der Waals surface area contributed by atoms with E-state index in [4.69, 9.17) is 4.74 Å². The Bertz CT molecular complexity index is 1220. The largest absolute Gasteiger partial charge is 0.466 e. The summed E-state index contributed by atoms with van der Waals surface area (Å²) in [5, 5.41) is 23.3. The fourth-order valence-electron chi connectivity index (χ4n) is 12.1. The molecule has 0 rings (SSSR count). The number of aliphatic hydroxyl groups is 2. The van der Waals surface area contributed by atoms with Crippen molar-refractivity contribution < 1.29 is 24.5 Å². The van der Waals surface area contributed by atoms with Gasteiger partial charge in [0.25, 0.3) is 0 Å². The van der Waals surface area contributed by atoms with Crippen LogP contribution in [0.3, 0.4) is 0 Å². The van der Waals surface area contributed by atoms with Crippen molar-refractivity contribution in [3.8, 4) is 0 Å². The topological polar surface area (TPSA) is 95.9 Å². The second-order valence-corrected chi connectivity index (χ2v) is 26.0. The van der Waals surface area contributed by atoms with Crippen molar-refractivity contribution in [2.24, 2.45) is 0 Å². The van der Waals surface area contributed by atoms with E-state index in [9.17, 15) is 19.8 Å². The number of nitrogens with one attached hydrogen (secondary N) is 1. The van der Waals surface area contributed by atoms with E-state index in [0.29, 0.717) is 25.9 Å². The monoisotopic (exact) mass is 1140 g/mol. The van der Waals surface area contributed by atoms with Gasteiger partial charge in [-0.15, -0.1) is 0 Å². The molecule has 0 radical (unpaired) electrons. The van der Waals surface area contributed by atoms with Gasteiger partial charge in [0.2, 0.25) is 5.91 Å². The lowest BCUT2D eigenvalue weighted by molar-refractivity contribution is -0.143. The second-order valence-electron chi connectivity index (χ2n) is 26.0. The number of amides is 1. The quantitative estimate of drug-likeness (QED) is 0.0320. The average Bonchev–Trinajstić information content (AvgIpc) is 3.47. The van der Waals surface area contributed by atoms with Gasteiger partial charge in [0.05, 0.1) is 25.4 Å². The normalized spacial score (nSPS) is 12.5. The third-order valence-electron chi connectivity index (χ3n) is 17.8. The van der Waals surface area contributed by atoms with E-state index < -0.39 is 12.1 Å². The molecule has 2 unspecified atom stereocenters. The Balaban J connectivity index is 3.32. The lowest BCUT2D eigenvalue weighted by Gasteiger charge is -2.22. The van der Waals surface area contributed by atoms with Crippen LogP contribution in [0.15, 0.2) is 12.2 Å². The van der Waals surface area contributed by atoms with Crippen molar-refractivity contribution in [3.63, 3.8) is 0 Å². The summed E-state index contributed by atoms with van der Waals surface area (Å²) in [5.74, 6) is -0.00430. The Kier molecular flexibility index (Phi) is 69.9. The number of ether oxygens (including phenoxy) is 1. The zero-order valence-electron chi connectivity index (χ0n) is 55.3. The molecule has 0 heterocycles. The molecule has 6 heteroatoms. The molecule has 6 nitrogen and oxygen atoms in total. The molecule has 0 spiro atoms. The third kappa shape index (κ3) is 67.6. The molecule has 0 aliphatic carbocycles. The number of aliphatic hydroxyl groups excluding tert-OH is 2. The summed E-state index contributed by atoms with van der Waals surface area (Å²) in [6.07, 6.45) is 88.6. The van der Waals surface area contributed by atoms with Gasteiger partial charge in [-0.2, -0.15) is 0 Å². The smallest absolute Gasteiger partial charge is 0.305 e. The number of carbonyl (C=O) groups excluding carboxylic acids is 2. The summed E-state index contributed by atoms with van der Waals surface area (Å²) < 4.78 is 5.50. The summed E-state index contributed by atoms with van der Waals surface area (Å²) in [4.78, 5) is 24.6. The first-order valence-electron chi connectivity index (χ1n) is 37.4. The van der Waals surface area contributed by atoms with E-state index >= 15 is 0 Å². The molecule has 0 bridgehead atoms. The molecule has 3 N–H and O–H groups in total. The maximum atomic E-state index is 12.5. The highest BCUT2D eigenvalue weighted by molar-refractivity contribution is 5.76. The predicted molar refractivity (Wildman–Crippen MR) is 357 cm³/mol. The van der Waals surface area contributed by atoms with Crippen molar-refractivity contribution in [3.05, 3.63) is 12.2 Å². The lowest BCUT2D eigenvalue weighted by atomic mass is 10.0. The van der Waals surface area contributed by atoms with Crippen molar-refractivity contribution >= 4 is 11.9 Å². The average molecular weight is 1140 g/mol. The molecule has 2 atom stereocenters. The van der Waals surface area contributed by atoms with Crippen LogP contribution >= 0.6 is 0 Å². The highest BCUT2D eigenvalue weighted by Crippen LogP contribution is 2.20. The molecular formula is C75H147NO5. The van der Waals surface area contributed by atoms with Crippen LogP contribution in [0, 0.1) is 0 Å². The Morgan fingerprint density at radius 2 is 0.580 bits per heavy atom. The Morgan fingerprint density at radius 1 is 0.333 bits per heavy atom. The molecule has 0 saturated heterocycles. The van der Waals surface area contributed by atoms with E-state index in [2.05, 4.69) is 31.3 Å². The molecule has 0 aromatic rings. The number of hydrogen-bond acceptors (Lipinski definition) is 5. The standard InChI is InChI=1S/C75H147NO5/c1-3-5-7-9-11-13-15-17-40-43-47-51-55-59-63-67-73(78)72(71-77)76-74(79)68-64-60-56-52-48-44-41-38-36-34-32-30-28-26-24-22-20-19-21-23-25-27-29-31-33-35-37-39-42-46-50-54-58-62-66-70-81-75(80)69-65-61-57-53-49-45-18-16-14-12-10-8-6-4-2/h21,23,72-73,77-78H,3-20,22,24-71H2,1-2H3,(H,76,79)/b23-21-. The van der Waals surface area contributed by atoms with Gasteiger partial charge in [-0.05, 0) is 51.4 Å². The van der Waals surface area contributed by atoms with Crippen LogP contribution in [0.4, 0.5) is 0 Å². The molecule has 482 valence electrons. The number of allylic oxidation sites excluding steroid dienone is 2. The number of rotatable bonds is 71. The number of carbonyl (C=O) groups is 2. The minimum Gasteiger partial charge on any atom is -0.466 e. The molecule has 0 aliphatic heterocycles. The van der Waals surface area contributed by atoms with Gasteiger partial charge in [0, 0.05) is 12.8 Å². The maximum absolute atomic E-state index is 12.5. The van der Waals surface area contributed by atoms with Gasteiger partial charge in [-0.25, -0.2) is 0 Å². The number of unbranched alkanes of at least 4 members (excludes halogenated alkanes) is 58. The molecule has 0 aliphatic rings. The molecule has 1 amide bonds. The van der Waals surface area contributed by atoms with Crippen molar-refractivity contribution in [2.75, 3.05) is 13.2 Å². The van der Waals surface area contributed by atoms with Crippen LogP contribution in [-0.4, -0.2) is 47.4 Å². The van der Waals surface area contributed by atoms with E-state index in [1.807, 2.05) is 0 Å². The van der Waals surface area contributed by atoms with Crippen LogP contribution in [0.1, 0.15) is 431 Å². The van der Waals surface area contributed by atoms with Crippen molar-refractivity contribution in [1.82, 2.24) is 5.32 Å². The van der Waals surface area contributed by atoms with Crippen LogP contribution in [0.25, 0.3) is 0 Å². The van der Waals surface area contributed by atoms with Gasteiger partial charge in [0.1, 0.15) is 0 Å². The third-order valence-corrected chi connectivity index (χ3v) is 17.8. The predicted octanol–water partition coefficient (Wildman–Crippen LogP) is 24.3. The van der Waals surface area contributed by atoms with E-state index in [-0.39, 0.29) is 18.5 Å². The highest BCUT2D eigenvalue weighted by Gasteiger charge is 2.20. The van der Waals surface area contributed by atoms with Crippen LogP contribution in [0.5, 0.6) is 0 Å². The number of esters is 1. The summed E-state index contributed by atoms with van der Waals surface area (Å²) in [7, 11) is 0. The SMILES string of the molecule is CCCCCCCCCCCCCCCCCC(O)C(CO)NC(=O)CCCCCCCCCCCCCCCCCCC/C=C\CCCCCCCCCCCCCCCCOC(=O)CCCCCCCCCCCCCCCC. The molecule has 81 heavy (non-hydrogen) atoms. The zero-order chi connectivity index (χ0) is 58.5. The van der Waals surface area contributed by atoms with E-state index in [0.717, 1.165) is 38.5 Å². The molecule has 0 saturated carbocycles. The summed E-state index contributed by atoms with van der Waals surface area (Å²) >= 11 is 0. The van der Waals surface area contributed by atoms with Gasteiger partial charge in [-0.1, -0.05) is 379 Å². The summed E-state index contributed by atoms with van der Waals surface area (Å²) in [6.45, 7) is 5.00. The minimum absolute atomic E-state index is 0.0235. The van der Waals surface area contributed by atoms with Gasteiger partial charge < -0.3 is 20.3 Å². The lowest BCUT2D eigenvalue weighted by Crippen LogP contribution is -2.45. The maximum Gasteiger partial charge on any atom is 0.305 e. The Labute approximate surface area is 508 Å². The van der Waals surface area contributed by atoms with Gasteiger partial charge in [-0.3, -0.25) is 9.59 Å². The van der Waals surface area contributed by atoms with Crippen molar-refractivity contribution in [2.45, 2.75) is 443 Å². The Hall–Kier alpha value is -1.40. The zero-order valence-corrected chi connectivity index (χ0v) is 55.3. The van der Waals surface area contributed by atoms with E-state index in [1.165, 1.54) is 360 Å². The first kappa shape index (κ1) is 79.6. The first-order chi connectivity index (χ1) is 40.0. The number of hydrogen-bond donors (Lipinski definition) is 3. The molecule has 0 aromatic heterocycles. The van der Waals surface area contributed by atoms with Crippen molar-refractivity contribution in [1.29, 1.82) is 0 Å². The fourth-order valence-corrected chi connectivity index (χ4v) is 12.1. The first-order valence-corrected chi connectivity index (χ1v) is 37.4. The van der Waals surface area contributed by atoms with Crippen LogP contribution in [0.2, 0.25) is 0 Å².